The smallest absolute Gasteiger partial charge is 0.475 e. The van der Waals surface area contributed by atoms with E-state index in [1.54, 1.807) is 11.1 Å². The number of nitrogens with zero attached hydrogens (tertiary/aromatic N) is 2. The molecule has 1 unspecified atom stereocenters. The number of piperidine rings is 1. The molecule has 0 aromatic heterocycles. The molecule has 2 aliphatic heterocycles. The molecule has 2 fully saturated rings. The molecule has 1 N–H and O–H groups in total. The molecule has 1 atom stereocenters. The number of amides is 1. The molecule has 8 heteroatoms. The number of hydrogen-bond donors (Lipinski definition) is 1. The molecule has 0 radical (unpaired) electrons. The molecule has 4 rings (SSSR count). The van der Waals surface area contributed by atoms with E-state index in [4.69, 9.17) is 9.90 Å². The van der Waals surface area contributed by atoms with Crippen molar-refractivity contribution in [3.8, 4) is 0 Å². The van der Waals surface area contributed by atoms with Crippen LogP contribution in [0.25, 0.3) is 0 Å². The van der Waals surface area contributed by atoms with Gasteiger partial charge >= 0.3 is 12.1 Å². The molecule has 3 aliphatic rings. The van der Waals surface area contributed by atoms with Crippen LogP contribution in [0.1, 0.15) is 69.0 Å². The molecule has 0 bridgehead atoms. The van der Waals surface area contributed by atoms with Gasteiger partial charge in [-0.15, -0.1) is 0 Å². The number of carbonyl (C=O) groups excluding carboxylic acids is 1. The van der Waals surface area contributed by atoms with Crippen LogP contribution in [-0.4, -0.2) is 59.1 Å². The highest BCUT2D eigenvalue weighted by molar-refractivity contribution is 5.76. The summed E-state index contributed by atoms with van der Waals surface area (Å²) >= 11 is 0. The fourth-order valence-corrected chi connectivity index (χ4v) is 5.33. The zero-order valence-electron chi connectivity index (χ0n) is 18.0. The minimum absolute atomic E-state index is 0.317. The SMILES string of the molecule is CCC(=O)N1CCC2(CCC(N3CCCC3)c3ccccc32)CC1.O=C(O)C(F)(F)F. The van der Waals surface area contributed by atoms with Gasteiger partial charge in [0.15, 0.2) is 0 Å². The number of aliphatic carboxylic acids is 1. The summed E-state index contributed by atoms with van der Waals surface area (Å²) < 4.78 is 31.7. The highest BCUT2D eigenvalue weighted by Gasteiger charge is 2.43. The minimum atomic E-state index is -5.08. The van der Waals surface area contributed by atoms with Crippen LogP contribution in [0.15, 0.2) is 24.3 Å². The van der Waals surface area contributed by atoms with E-state index in [0.717, 1.165) is 25.9 Å². The van der Waals surface area contributed by atoms with Crippen molar-refractivity contribution in [3.05, 3.63) is 35.4 Å². The van der Waals surface area contributed by atoms with Crippen molar-refractivity contribution < 1.29 is 27.9 Å². The number of fused-ring (bicyclic) bond motifs is 2. The van der Waals surface area contributed by atoms with Crippen LogP contribution in [0.5, 0.6) is 0 Å². The van der Waals surface area contributed by atoms with Crippen molar-refractivity contribution in [2.45, 2.75) is 69.5 Å². The van der Waals surface area contributed by atoms with Gasteiger partial charge in [0.25, 0.3) is 0 Å². The molecule has 1 spiro atoms. The Morgan fingerprint density at radius 1 is 1.06 bits per heavy atom. The summed E-state index contributed by atoms with van der Waals surface area (Å²) in [5, 5.41) is 7.12. The van der Waals surface area contributed by atoms with Gasteiger partial charge in [0.1, 0.15) is 0 Å². The third-order valence-electron chi connectivity index (χ3n) is 6.99. The van der Waals surface area contributed by atoms with Gasteiger partial charge in [0, 0.05) is 25.6 Å². The van der Waals surface area contributed by atoms with Gasteiger partial charge in [-0.1, -0.05) is 31.2 Å². The van der Waals surface area contributed by atoms with Crippen molar-refractivity contribution >= 4 is 11.9 Å². The summed E-state index contributed by atoms with van der Waals surface area (Å²) in [5.41, 5.74) is 3.50. The van der Waals surface area contributed by atoms with E-state index in [9.17, 15) is 18.0 Å². The average molecular weight is 441 g/mol. The van der Waals surface area contributed by atoms with Gasteiger partial charge in [-0.3, -0.25) is 9.69 Å². The van der Waals surface area contributed by atoms with Crippen LogP contribution >= 0.6 is 0 Å². The number of rotatable bonds is 2. The van der Waals surface area contributed by atoms with Crippen LogP contribution in [0, 0.1) is 0 Å². The highest BCUT2D eigenvalue weighted by atomic mass is 19.4. The van der Waals surface area contributed by atoms with Crippen LogP contribution < -0.4 is 0 Å². The lowest BCUT2D eigenvalue weighted by Crippen LogP contribution is -2.47. The summed E-state index contributed by atoms with van der Waals surface area (Å²) in [6, 6.07) is 9.83. The molecule has 2 saturated heterocycles. The maximum absolute atomic E-state index is 12.0. The summed E-state index contributed by atoms with van der Waals surface area (Å²) in [6.07, 6.45) is 3.14. The summed E-state index contributed by atoms with van der Waals surface area (Å²) in [7, 11) is 0. The van der Waals surface area contributed by atoms with Gasteiger partial charge in [0.05, 0.1) is 0 Å². The number of alkyl halides is 3. The Labute approximate surface area is 181 Å². The number of carbonyl (C=O) groups is 2. The van der Waals surface area contributed by atoms with E-state index in [1.807, 2.05) is 6.92 Å². The van der Waals surface area contributed by atoms with Crippen molar-refractivity contribution in [1.82, 2.24) is 9.80 Å². The quantitative estimate of drug-likeness (QED) is 0.735. The molecule has 1 aromatic carbocycles. The Bertz CT molecular complexity index is 783. The Balaban J connectivity index is 0.000000339. The minimum Gasteiger partial charge on any atom is -0.475 e. The van der Waals surface area contributed by atoms with Crippen molar-refractivity contribution in [2.24, 2.45) is 0 Å². The molecule has 1 amide bonds. The summed E-state index contributed by atoms with van der Waals surface area (Å²) in [6.45, 7) is 6.39. The molecule has 172 valence electrons. The van der Waals surface area contributed by atoms with Gasteiger partial charge in [-0.05, 0) is 68.2 Å². The number of carboxylic acid groups (broad SMARTS) is 1. The van der Waals surface area contributed by atoms with E-state index in [-0.39, 0.29) is 0 Å². The zero-order chi connectivity index (χ0) is 22.6. The first-order chi connectivity index (χ1) is 14.7. The molecule has 1 aromatic rings. The van der Waals surface area contributed by atoms with Crippen molar-refractivity contribution in [3.63, 3.8) is 0 Å². The van der Waals surface area contributed by atoms with Gasteiger partial charge in [-0.2, -0.15) is 13.2 Å². The topological polar surface area (TPSA) is 60.9 Å². The van der Waals surface area contributed by atoms with E-state index >= 15 is 0 Å². The lowest BCUT2D eigenvalue weighted by Gasteiger charge is -2.48. The Hall–Kier alpha value is -2.09. The normalized spacial score (nSPS) is 23.1. The van der Waals surface area contributed by atoms with Crippen LogP contribution in [0.3, 0.4) is 0 Å². The van der Waals surface area contributed by atoms with E-state index in [2.05, 4.69) is 34.1 Å². The number of likely N-dealkylation sites (tertiary alicyclic amines) is 2. The molecule has 2 heterocycles. The zero-order valence-corrected chi connectivity index (χ0v) is 18.0. The first kappa shape index (κ1) is 23.6. The van der Waals surface area contributed by atoms with Gasteiger partial charge in [0.2, 0.25) is 5.91 Å². The third kappa shape index (κ3) is 5.22. The monoisotopic (exact) mass is 440 g/mol. The predicted molar refractivity (Wildman–Crippen MR) is 111 cm³/mol. The first-order valence-electron chi connectivity index (χ1n) is 11.1. The molecular formula is C23H31F3N2O3. The predicted octanol–water partition coefficient (Wildman–Crippen LogP) is 4.52. The summed E-state index contributed by atoms with van der Waals surface area (Å²) in [5.74, 6) is -2.43. The Kier molecular flexibility index (Phi) is 7.29. The lowest BCUT2D eigenvalue weighted by molar-refractivity contribution is -0.192. The van der Waals surface area contributed by atoms with Crippen LogP contribution in [0.2, 0.25) is 0 Å². The second-order valence-electron chi connectivity index (χ2n) is 8.70. The van der Waals surface area contributed by atoms with E-state index < -0.39 is 12.1 Å². The largest absolute Gasteiger partial charge is 0.490 e. The average Bonchev–Trinajstić information content (AvgIpc) is 3.29. The maximum Gasteiger partial charge on any atom is 0.490 e. The fraction of sp³-hybridized carbons (Fsp3) is 0.652. The molecule has 5 nitrogen and oxygen atoms in total. The Morgan fingerprint density at radius 3 is 2.19 bits per heavy atom. The van der Waals surface area contributed by atoms with Gasteiger partial charge in [-0.25, -0.2) is 4.79 Å². The summed E-state index contributed by atoms with van der Waals surface area (Å²) in [4.78, 5) is 25.7. The first-order valence-corrected chi connectivity index (χ1v) is 11.1. The number of hydrogen-bond acceptors (Lipinski definition) is 3. The van der Waals surface area contributed by atoms with Crippen LogP contribution in [-0.2, 0) is 15.0 Å². The maximum atomic E-state index is 12.0. The second-order valence-corrected chi connectivity index (χ2v) is 8.70. The van der Waals surface area contributed by atoms with Crippen molar-refractivity contribution in [1.29, 1.82) is 0 Å². The lowest BCUT2D eigenvalue weighted by atomic mass is 9.63. The fourth-order valence-electron chi connectivity index (χ4n) is 5.33. The molecular weight excluding hydrogens is 409 g/mol. The third-order valence-corrected chi connectivity index (χ3v) is 6.99. The number of halogens is 3. The molecule has 0 saturated carbocycles. The Morgan fingerprint density at radius 2 is 1.65 bits per heavy atom. The highest BCUT2D eigenvalue weighted by Crippen LogP contribution is 2.49. The second kappa shape index (κ2) is 9.59. The van der Waals surface area contributed by atoms with Crippen molar-refractivity contribution in [2.75, 3.05) is 26.2 Å². The van der Waals surface area contributed by atoms with Crippen LogP contribution in [0.4, 0.5) is 13.2 Å². The van der Waals surface area contributed by atoms with Gasteiger partial charge < -0.3 is 10.0 Å². The van der Waals surface area contributed by atoms with E-state index in [0.29, 0.717) is 23.8 Å². The number of carboxylic acids is 1. The molecule has 31 heavy (non-hydrogen) atoms. The standard InChI is InChI=1S/C21H30N2O.C2HF3O2/c1-2-20(24)23-15-11-21(12-16-23)10-9-19(22-13-5-6-14-22)17-7-3-4-8-18(17)21;3-2(4,5)1(6)7/h3-4,7-8,19H,2,5-6,9-16H2,1H3;(H,6,7). The number of benzene rings is 1. The van der Waals surface area contributed by atoms with E-state index in [1.165, 1.54) is 38.8 Å². The molecule has 1 aliphatic carbocycles.